The SMILES string of the molecule is C=N/C(=C\C=C(/C)C(=O)OC)Cn1cc(C2CCN(CC(C)(C)O)CC2)nn1. The van der Waals surface area contributed by atoms with Crippen molar-refractivity contribution in [3.63, 3.8) is 0 Å². The van der Waals surface area contributed by atoms with E-state index in [2.05, 4.69) is 31.7 Å². The Balaban J connectivity index is 1.95. The highest BCUT2D eigenvalue weighted by Crippen LogP contribution is 2.27. The Bertz CT molecular complexity index is 737. The normalized spacial score (nSPS) is 17.6. The minimum atomic E-state index is -0.670. The second-order valence-corrected chi connectivity index (χ2v) is 7.86. The van der Waals surface area contributed by atoms with E-state index >= 15 is 0 Å². The summed E-state index contributed by atoms with van der Waals surface area (Å²) in [6.07, 6.45) is 7.34. The lowest BCUT2D eigenvalue weighted by molar-refractivity contribution is -0.136. The molecule has 1 aliphatic rings. The average Bonchev–Trinajstić information content (AvgIpc) is 3.11. The van der Waals surface area contributed by atoms with Crippen molar-refractivity contribution in [3.05, 3.63) is 35.3 Å². The Morgan fingerprint density at radius 3 is 2.68 bits per heavy atom. The summed E-state index contributed by atoms with van der Waals surface area (Å²) < 4.78 is 6.41. The summed E-state index contributed by atoms with van der Waals surface area (Å²) in [5, 5.41) is 18.5. The third-order valence-electron chi connectivity index (χ3n) is 4.73. The van der Waals surface area contributed by atoms with E-state index in [1.54, 1.807) is 23.8 Å². The fourth-order valence-electron chi connectivity index (χ4n) is 3.28. The third kappa shape index (κ3) is 6.69. The maximum atomic E-state index is 11.4. The van der Waals surface area contributed by atoms with Crippen molar-refractivity contribution in [2.45, 2.75) is 51.7 Å². The Morgan fingerprint density at radius 2 is 2.11 bits per heavy atom. The van der Waals surface area contributed by atoms with Crippen molar-refractivity contribution >= 4 is 12.7 Å². The first-order chi connectivity index (χ1) is 13.2. The molecule has 2 rings (SSSR count). The van der Waals surface area contributed by atoms with Gasteiger partial charge in [0.15, 0.2) is 0 Å². The van der Waals surface area contributed by atoms with E-state index in [1.165, 1.54) is 7.11 Å². The molecule has 1 N–H and O–H groups in total. The van der Waals surface area contributed by atoms with Crippen molar-refractivity contribution in [1.29, 1.82) is 0 Å². The van der Waals surface area contributed by atoms with Crippen molar-refractivity contribution < 1.29 is 14.6 Å². The van der Waals surface area contributed by atoms with Crippen LogP contribution in [0.15, 0.2) is 34.6 Å². The maximum absolute atomic E-state index is 11.4. The van der Waals surface area contributed by atoms with Gasteiger partial charge in [0.2, 0.25) is 0 Å². The van der Waals surface area contributed by atoms with Gasteiger partial charge in [-0.25, -0.2) is 9.48 Å². The quantitative estimate of drug-likeness (QED) is 0.316. The largest absolute Gasteiger partial charge is 0.466 e. The number of aliphatic hydroxyl groups is 1. The summed E-state index contributed by atoms with van der Waals surface area (Å²) in [5.74, 6) is -0.00368. The lowest BCUT2D eigenvalue weighted by Crippen LogP contribution is -2.42. The topological polar surface area (TPSA) is 92.8 Å². The molecule has 28 heavy (non-hydrogen) atoms. The highest BCUT2D eigenvalue weighted by atomic mass is 16.5. The molecular weight excluding hydrogens is 358 g/mol. The predicted octanol–water partition coefficient (Wildman–Crippen LogP) is 1.93. The lowest BCUT2D eigenvalue weighted by atomic mass is 9.93. The molecule has 0 saturated carbocycles. The Labute approximate surface area is 166 Å². The Kier molecular flexibility index (Phi) is 7.65. The van der Waals surface area contributed by atoms with Gasteiger partial charge in [-0.05, 0) is 59.5 Å². The molecule has 0 amide bonds. The van der Waals surface area contributed by atoms with Crippen LogP contribution in [-0.2, 0) is 16.1 Å². The van der Waals surface area contributed by atoms with Gasteiger partial charge in [0.1, 0.15) is 0 Å². The zero-order valence-corrected chi connectivity index (χ0v) is 17.3. The fourth-order valence-corrected chi connectivity index (χ4v) is 3.28. The molecule has 154 valence electrons. The van der Waals surface area contributed by atoms with E-state index in [0.717, 1.165) is 31.6 Å². The minimum Gasteiger partial charge on any atom is -0.466 e. The molecule has 1 saturated heterocycles. The first kappa shape index (κ1) is 22.0. The van der Waals surface area contributed by atoms with Gasteiger partial charge in [0.05, 0.1) is 30.6 Å². The van der Waals surface area contributed by atoms with E-state index in [4.69, 9.17) is 0 Å². The first-order valence-corrected chi connectivity index (χ1v) is 9.49. The molecule has 1 aliphatic heterocycles. The summed E-state index contributed by atoms with van der Waals surface area (Å²) in [6.45, 7) is 11.9. The van der Waals surface area contributed by atoms with Crippen molar-refractivity contribution in [3.8, 4) is 0 Å². The molecule has 0 bridgehead atoms. The number of piperidine rings is 1. The van der Waals surface area contributed by atoms with Gasteiger partial charge in [0.25, 0.3) is 0 Å². The summed E-state index contributed by atoms with van der Waals surface area (Å²) >= 11 is 0. The molecule has 0 aliphatic carbocycles. The maximum Gasteiger partial charge on any atom is 0.333 e. The number of ether oxygens (including phenoxy) is 1. The number of β-amino-alcohol motifs (C(OH)–C–C–N with tert-alkyl or cyclic N) is 1. The van der Waals surface area contributed by atoms with E-state index in [1.807, 2.05) is 20.0 Å². The molecule has 1 aromatic heterocycles. The van der Waals surface area contributed by atoms with Gasteiger partial charge in [0, 0.05) is 24.2 Å². The van der Waals surface area contributed by atoms with Crippen LogP contribution in [0.1, 0.15) is 45.2 Å². The van der Waals surface area contributed by atoms with Gasteiger partial charge < -0.3 is 14.7 Å². The number of hydrogen-bond acceptors (Lipinski definition) is 7. The number of methoxy groups -OCH3 is 1. The van der Waals surface area contributed by atoms with E-state index in [9.17, 15) is 9.90 Å². The number of rotatable bonds is 8. The van der Waals surface area contributed by atoms with Crippen LogP contribution in [0.2, 0.25) is 0 Å². The molecule has 2 heterocycles. The highest BCUT2D eigenvalue weighted by molar-refractivity contribution is 5.87. The van der Waals surface area contributed by atoms with Crippen LogP contribution < -0.4 is 0 Å². The molecule has 0 aromatic carbocycles. The number of esters is 1. The lowest BCUT2D eigenvalue weighted by Gasteiger charge is -2.34. The van der Waals surface area contributed by atoms with Crippen LogP contribution in [0.3, 0.4) is 0 Å². The number of allylic oxidation sites excluding steroid dienone is 3. The fraction of sp³-hybridized carbons (Fsp3) is 0.600. The van der Waals surface area contributed by atoms with Crippen molar-refractivity contribution in [2.24, 2.45) is 4.99 Å². The molecule has 1 aromatic rings. The second-order valence-electron chi connectivity index (χ2n) is 7.86. The van der Waals surface area contributed by atoms with E-state index < -0.39 is 5.60 Å². The number of carbonyl (C=O) groups is 1. The molecule has 8 heteroatoms. The standard InChI is InChI=1S/C20H31N5O3/c1-15(19(26)28-5)6-7-17(21-4)12-25-13-18(22-23-25)16-8-10-24(11-9-16)14-20(2,3)27/h6-7,13,16,27H,4,8-12,14H2,1-3,5H3/b15-6+,17-7-. The van der Waals surface area contributed by atoms with Crippen LogP contribution in [-0.4, -0.2) is 70.0 Å². The van der Waals surface area contributed by atoms with Gasteiger partial charge in [-0.2, -0.15) is 0 Å². The predicted molar refractivity (Wildman–Crippen MR) is 108 cm³/mol. The summed E-state index contributed by atoms with van der Waals surface area (Å²) in [5.41, 5.74) is 1.48. The zero-order valence-electron chi connectivity index (χ0n) is 17.3. The average molecular weight is 390 g/mol. The molecule has 1 fully saturated rings. The zero-order chi connectivity index (χ0) is 20.7. The number of carbonyl (C=O) groups excluding carboxylic acids is 1. The summed E-state index contributed by atoms with van der Waals surface area (Å²) in [4.78, 5) is 17.7. The van der Waals surface area contributed by atoms with Gasteiger partial charge in [-0.15, -0.1) is 5.10 Å². The number of likely N-dealkylation sites (tertiary alicyclic amines) is 1. The van der Waals surface area contributed by atoms with Crippen LogP contribution in [0.5, 0.6) is 0 Å². The number of aromatic nitrogens is 3. The first-order valence-electron chi connectivity index (χ1n) is 9.49. The molecule has 0 atom stereocenters. The molecule has 8 nitrogen and oxygen atoms in total. The smallest absolute Gasteiger partial charge is 0.333 e. The number of hydrogen-bond donors (Lipinski definition) is 1. The van der Waals surface area contributed by atoms with E-state index in [-0.39, 0.29) is 5.97 Å². The third-order valence-corrected chi connectivity index (χ3v) is 4.73. The molecular formula is C20H31N5O3. The van der Waals surface area contributed by atoms with Crippen LogP contribution >= 0.6 is 0 Å². The van der Waals surface area contributed by atoms with Gasteiger partial charge in [-0.1, -0.05) is 11.3 Å². The number of aliphatic imine (C=N–C) groups is 1. The Hall–Kier alpha value is -2.32. The van der Waals surface area contributed by atoms with Crippen LogP contribution in [0, 0.1) is 0 Å². The molecule has 0 radical (unpaired) electrons. The van der Waals surface area contributed by atoms with Crippen LogP contribution in [0.4, 0.5) is 0 Å². The summed E-state index contributed by atoms with van der Waals surface area (Å²) in [7, 11) is 1.35. The van der Waals surface area contributed by atoms with Gasteiger partial charge >= 0.3 is 5.97 Å². The number of nitrogens with zero attached hydrogens (tertiary/aromatic N) is 5. The molecule has 0 spiro atoms. The second kappa shape index (κ2) is 9.75. The Morgan fingerprint density at radius 1 is 1.43 bits per heavy atom. The van der Waals surface area contributed by atoms with Crippen molar-refractivity contribution in [1.82, 2.24) is 19.9 Å². The van der Waals surface area contributed by atoms with Crippen molar-refractivity contribution in [2.75, 3.05) is 26.7 Å². The minimum absolute atomic E-state index is 0.373. The monoisotopic (exact) mass is 389 g/mol. The van der Waals surface area contributed by atoms with E-state index in [0.29, 0.717) is 30.3 Å². The highest BCUT2D eigenvalue weighted by Gasteiger charge is 2.26. The van der Waals surface area contributed by atoms with Gasteiger partial charge in [-0.3, -0.25) is 4.99 Å². The summed E-state index contributed by atoms with van der Waals surface area (Å²) in [6, 6.07) is 0. The van der Waals surface area contributed by atoms with Crippen LogP contribution in [0.25, 0.3) is 0 Å². The molecule has 0 unspecified atom stereocenters.